The summed E-state index contributed by atoms with van der Waals surface area (Å²) in [5.41, 5.74) is 0.740. The fourth-order valence-corrected chi connectivity index (χ4v) is 3.23. The summed E-state index contributed by atoms with van der Waals surface area (Å²) < 4.78 is 6.23. The lowest BCUT2D eigenvalue weighted by Gasteiger charge is -2.49. The second-order valence-electron chi connectivity index (χ2n) is 5.98. The van der Waals surface area contributed by atoms with Crippen molar-refractivity contribution in [3.8, 4) is 5.75 Å². The Hall–Kier alpha value is -1.07. The average molecular weight is 355 g/mol. The molecule has 1 aromatic carbocycles. The van der Waals surface area contributed by atoms with Crippen LogP contribution in [0, 0.1) is 0 Å². The fourth-order valence-electron chi connectivity index (χ4n) is 2.89. The maximum Gasteiger partial charge on any atom is 0.257 e. The second kappa shape index (κ2) is 6.36. The standard InChI is InChI=1S/C16H23BrN2O2/c1-18(2)16(8-5-9-16)11-19(3)15(20)13-7-6-12(17)10-14(13)21-4/h6-7,10H,5,8-9,11H2,1-4H3. The van der Waals surface area contributed by atoms with E-state index < -0.39 is 0 Å². The van der Waals surface area contributed by atoms with Crippen LogP contribution < -0.4 is 4.74 Å². The van der Waals surface area contributed by atoms with Gasteiger partial charge in [0.1, 0.15) is 5.75 Å². The molecule has 116 valence electrons. The van der Waals surface area contributed by atoms with Crippen LogP contribution in [0.2, 0.25) is 0 Å². The van der Waals surface area contributed by atoms with Crippen molar-refractivity contribution in [2.24, 2.45) is 0 Å². The van der Waals surface area contributed by atoms with Crippen molar-refractivity contribution in [2.75, 3.05) is 34.8 Å². The Morgan fingerprint density at radius 2 is 2.00 bits per heavy atom. The predicted molar refractivity (Wildman–Crippen MR) is 87.9 cm³/mol. The first-order valence-corrected chi connectivity index (χ1v) is 7.95. The van der Waals surface area contributed by atoms with Crippen LogP contribution >= 0.6 is 15.9 Å². The Balaban J connectivity index is 2.16. The molecule has 5 heteroatoms. The molecular weight excluding hydrogens is 332 g/mol. The third-order valence-corrected chi connectivity index (χ3v) is 5.00. The second-order valence-corrected chi connectivity index (χ2v) is 6.89. The van der Waals surface area contributed by atoms with E-state index in [1.165, 1.54) is 6.42 Å². The molecule has 0 saturated heterocycles. The summed E-state index contributed by atoms with van der Waals surface area (Å²) in [5.74, 6) is 0.612. The van der Waals surface area contributed by atoms with Gasteiger partial charge in [0.05, 0.1) is 12.7 Å². The number of hydrogen-bond acceptors (Lipinski definition) is 3. The zero-order valence-corrected chi connectivity index (χ0v) is 14.7. The molecule has 0 aliphatic heterocycles. The minimum atomic E-state index is 0.00692. The molecule has 1 aliphatic carbocycles. The van der Waals surface area contributed by atoms with Gasteiger partial charge in [-0.2, -0.15) is 0 Å². The molecule has 0 radical (unpaired) electrons. The van der Waals surface area contributed by atoms with Crippen molar-refractivity contribution in [1.29, 1.82) is 0 Å². The fraction of sp³-hybridized carbons (Fsp3) is 0.562. The van der Waals surface area contributed by atoms with Gasteiger partial charge in [0, 0.05) is 23.6 Å². The van der Waals surface area contributed by atoms with Crippen LogP contribution in [0.5, 0.6) is 5.75 Å². The molecule has 0 unspecified atom stereocenters. The van der Waals surface area contributed by atoms with E-state index >= 15 is 0 Å². The SMILES string of the molecule is COc1cc(Br)ccc1C(=O)N(C)CC1(N(C)C)CCC1. The first-order chi connectivity index (χ1) is 9.89. The molecule has 1 fully saturated rings. The van der Waals surface area contributed by atoms with Gasteiger partial charge in [-0.1, -0.05) is 15.9 Å². The summed E-state index contributed by atoms with van der Waals surface area (Å²) in [5, 5.41) is 0. The lowest BCUT2D eigenvalue weighted by Crippen LogP contribution is -2.57. The van der Waals surface area contributed by atoms with E-state index in [1.807, 2.05) is 30.1 Å². The maximum atomic E-state index is 12.7. The number of carbonyl (C=O) groups is 1. The van der Waals surface area contributed by atoms with Gasteiger partial charge in [0.25, 0.3) is 5.91 Å². The normalized spacial score (nSPS) is 16.5. The summed E-state index contributed by atoms with van der Waals surface area (Å²) in [6.45, 7) is 0.748. The van der Waals surface area contributed by atoms with Gasteiger partial charge >= 0.3 is 0 Å². The number of methoxy groups -OCH3 is 1. The zero-order chi connectivity index (χ0) is 15.6. The quantitative estimate of drug-likeness (QED) is 0.814. The van der Waals surface area contributed by atoms with E-state index in [0.717, 1.165) is 23.9 Å². The van der Waals surface area contributed by atoms with E-state index in [2.05, 4.69) is 34.9 Å². The third kappa shape index (κ3) is 3.24. The van der Waals surface area contributed by atoms with Crippen LogP contribution in [0.3, 0.4) is 0 Å². The molecule has 0 atom stereocenters. The van der Waals surface area contributed by atoms with Crippen molar-refractivity contribution in [3.05, 3.63) is 28.2 Å². The number of ether oxygens (including phenoxy) is 1. The minimum absolute atomic E-state index is 0.00692. The molecule has 2 rings (SSSR count). The largest absolute Gasteiger partial charge is 0.496 e. The van der Waals surface area contributed by atoms with Crippen LogP contribution in [0.1, 0.15) is 29.6 Å². The van der Waals surface area contributed by atoms with Crippen LogP contribution in [0.15, 0.2) is 22.7 Å². The van der Waals surface area contributed by atoms with Crippen molar-refractivity contribution in [1.82, 2.24) is 9.80 Å². The molecule has 21 heavy (non-hydrogen) atoms. The Bertz CT molecular complexity index is 527. The summed E-state index contributed by atoms with van der Waals surface area (Å²) in [7, 11) is 7.65. The highest BCUT2D eigenvalue weighted by atomic mass is 79.9. The van der Waals surface area contributed by atoms with E-state index in [-0.39, 0.29) is 11.4 Å². The van der Waals surface area contributed by atoms with Crippen molar-refractivity contribution in [3.63, 3.8) is 0 Å². The molecule has 1 amide bonds. The van der Waals surface area contributed by atoms with Crippen LogP contribution in [0.25, 0.3) is 0 Å². The molecule has 1 aromatic rings. The van der Waals surface area contributed by atoms with Gasteiger partial charge < -0.3 is 14.5 Å². The van der Waals surface area contributed by atoms with Gasteiger partial charge in [-0.05, 0) is 51.6 Å². The summed E-state index contributed by atoms with van der Waals surface area (Å²) in [4.78, 5) is 16.7. The van der Waals surface area contributed by atoms with E-state index in [9.17, 15) is 4.79 Å². The highest BCUT2D eigenvalue weighted by molar-refractivity contribution is 9.10. The van der Waals surface area contributed by atoms with Gasteiger partial charge in [0.15, 0.2) is 0 Å². The van der Waals surface area contributed by atoms with Crippen LogP contribution in [0.4, 0.5) is 0 Å². The molecule has 0 N–H and O–H groups in total. The van der Waals surface area contributed by atoms with E-state index in [0.29, 0.717) is 11.3 Å². The number of benzene rings is 1. The zero-order valence-electron chi connectivity index (χ0n) is 13.1. The number of amides is 1. The number of rotatable bonds is 5. The van der Waals surface area contributed by atoms with E-state index in [4.69, 9.17) is 4.74 Å². The van der Waals surface area contributed by atoms with Gasteiger partial charge in [-0.3, -0.25) is 4.79 Å². The van der Waals surface area contributed by atoms with Gasteiger partial charge in [-0.15, -0.1) is 0 Å². The molecule has 0 heterocycles. The molecule has 0 bridgehead atoms. The van der Waals surface area contributed by atoms with Crippen molar-refractivity contribution < 1.29 is 9.53 Å². The summed E-state index contributed by atoms with van der Waals surface area (Å²) in [6, 6.07) is 5.51. The topological polar surface area (TPSA) is 32.8 Å². The van der Waals surface area contributed by atoms with E-state index in [1.54, 1.807) is 7.11 Å². The van der Waals surface area contributed by atoms with Crippen molar-refractivity contribution in [2.45, 2.75) is 24.8 Å². The molecule has 4 nitrogen and oxygen atoms in total. The number of carbonyl (C=O) groups excluding carboxylic acids is 1. The monoisotopic (exact) mass is 354 g/mol. The van der Waals surface area contributed by atoms with Gasteiger partial charge in [0.2, 0.25) is 0 Å². The molecule has 1 saturated carbocycles. The number of likely N-dealkylation sites (N-methyl/N-ethyl adjacent to an activating group) is 2. The molecule has 1 aliphatic rings. The van der Waals surface area contributed by atoms with Crippen molar-refractivity contribution >= 4 is 21.8 Å². The average Bonchev–Trinajstić information content (AvgIpc) is 2.41. The smallest absolute Gasteiger partial charge is 0.257 e. The Morgan fingerprint density at radius 3 is 2.48 bits per heavy atom. The lowest BCUT2D eigenvalue weighted by atomic mass is 9.75. The Labute approximate surface area is 135 Å². The summed E-state index contributed by atoms with van der Waals surface area (Å²) >= 11 is 3.40. The molecular formula is C16H23BrN2O2. The number of nitrogens with zero attached hydrogens (tertiary/aromatic N) is 2. The highest BCUT2D eigenvalue weighted by Crippen LogP contribution is 2.37. The Kier molecular flexibility index (Phi) is 4.94. The Morgan fingerprint density at radius 1 is 1.33 bits per heavy atom. The highest BCUT2D eigenvalue weighted by Gasteiger charge is 2.40. The van der Waals surface area contributed by atoms with Gasteiger partial charge in [-0.25, -0.2) is 0 Å². The van der Waals surface area contributed by atoms with Crippen LogP contribution in [-0.2, 0) is 0 Å². The molecule has 0 aromatic heterocycles. The summed E-state index contributed by atoms with van der Waals surface area (Å²) in [6.07, 6.45) is 3.53. The third-order valence-electron chi connectivity index (χ3n) is 4.51. The number of hydrogen-bond donors (Lipinski definition) is 0. The first-order valence-electron chi connectivity index (χ1n) is 7.16. The number of halogens is 1. The van der Waals surface area contributed by atoms with Crippen LogP contribution in [-0.4, -0.2) is 56.0 Å². The maximum absolute atomic E-state index is 12.7. The molecule has 0 spiro atoms. The first kappa shape index (κ1) is 16.3. The lowest BCUT2D eigenvalue weighted by molar-refractivity contribution is 0.0251. The predicted octanol–water partition coefficient (Wildman–Crippen LogP) is 3.01. The minimum Gasteiger partial charge on any atom is -0.496 e.